The molecule has 0 aliphatic heterocycles. The third kappa shape index (κ3) is 21.2. The van der Waals surface area contributed by atoms with Crippen LogP contribution in [0.3, 0.4) is 0 Å². The molecule has 1 atom stereocenters. The van der Waals surface area contributed by atoms with E-state index in [0.717, 1.165) is 32.1 Å². The second-order valence-electron chi connectivity index (χ2n) is 12.5. The first-order chi connectivity index (χ1) is 25.5. The summed E-state index contributed by atoms with van der Waals surface area (Å²) in [7, 11) is 0. The number of nitro groups is 3. The lowest BCUT2D eigenvalue weighted by atomic mass is 9.81. The molecule has 0 rings (SSSR count). The molecule has 0 aromatic carbocycles. The van der Waals surface area contributed by atoms with Gasteiger partial charge in [0, 0.05) is 6.42 Å². The third-order valence-electron chi connectivity index (χ3n) is 8.35. The van der Waals surface area contributed by atoms with E-state index >= 15 is 0 Å². The fourth-order valence-electron chi connectivity index (χ4n) is 5.37. The molecule has 0 aliphatic rings. The second-order valence-corrected chi connectivity index (χ2v) is 12.5. The maximum absolute atomic E-state index is 12.4. The molecule has 13 heteroatoms. The van der Waals surface area contributed by atoms with Gasteiger partial charge in [0.2, 0.25) is 5.70 Å². The molecule has 0 fully saturated rings. The van der Waals surface area contributed by atoms with Gasteiger partial charge in [0.05, 0.1) is 11.3 Å². The summed E-state index contributed by atoms with van der Waals surface area (Å²) in [6, 6.07) is 0. The average Bonchev–Trinajstić information content (AvgIpc) is 3.10. The fourth-order valence-corrected chi connectivity index (χ4v) is 5.37. The zero-order valence-corrected chi connectivity index (χ0v) is 31.4. The summed E-state index contributed by atoms with van der Waals surface area (Å²) in [5, 5.41) is 55.0. The smallest absolute Gasteiger partial charge is 0.481 e. The molecule has 1 unspecified atom stereocenters. The van der Waals surface area contributed by atoms with Gasteiger partial charge in [-0.1, -0.05) is 124 Å². The minimum absolute atomic E-state index is 0.0239. The van der Waals surface area contributed by atoms with Crippen molar-refractivity contribution in [3.05, 3.63) is 127 Å². The molecular weight excluding hydrogens is 682 g/mol. The monoisotopic (exact) mass is 741 g/mol. The van der Waals surface area contributed by atoms with E-state index in [4.69, 9.17) is 5.11 Å². The molecular formula is C40H59N3O10. The van der Waals surface area contributed by atoms with Gasteiger partial charge in [-0.15, -0.1) is 0 Å². The second kappa shape index (κ2) is 30.7. The van der Waals surface area contributed by atoms with Gasteiger partial charge in [-0.25, -0.2) is 4.79 Å². The van der Waals surface area contributed by atoms with Crippen molar-refractivity contribution in [1.29, 1.82) is 0 Å². The maximum atomic E-state index is 12.4. The Labute approximate surface area is 313 Å². The third-order valence-corrected chi connectivity index (χ3v) is 8.35. The van der Waals surface area contributed by atoms with Crippen LogP contribution in [0.1, 0.15) is 129 Å². The highest BCUT2D eigenvalue weighted by Crippen LogP contribution is 2.35. The van der Waals surface area contributed by atoms with Crippen LogP contribution in [0.5, 0.6) is 0 Å². The van der Waals surface area contributed by atoms with Gasteiger partial charge < -0.3 is 10.2 Å². The highest BCUT2D eigenvalue weighted by molar-refractivity contribution is 5.76. The van der Waals surface area contributed by atoms with E-state index in [1.54, 1.807) is 36.5 Å². The van der Waals surface area contributed by atoms with Crippen molar-refractivity contribution in [3.8, 4) is 0 Å². The van der Waals surface area contributed by atoms with Gasteiger partial charge in [0.15, 0.2) is 0 Å². The Bertz CT molecular complexity index is 1340. The van der Waals surface area contributed by atoms with E-state index < -0.39 is 38.3 Å². The molecule has 0 heterocycles. The molecule has 0 aliphatic carbocycles. The number of allylic oxidation sites excluding steroid dienone is 14. The molecule has 0 spiro atoms. The Hall–Kier alpha value is -4.94. The van der Waals surface area contributed by atoms with Crippen molar-refractivity contribution in [2.45, 2.75) is 135 Å². The van der Waals surface area contributed by atoms with E-state index in [2.05, 4.69) is 25.2 Å². The van der Waals surface area contributed by atoms with E-state index in [1.165, 1.54) is 31.4 Å². The molecule has 0 bridgehead atoms. The molecule has 0 saturated heterocycles. The SMILES string of the molecule is CCCCCC=CCC=CCC=CCC=CCC(C(=CCC=CCC(=CCCCCC)[N+](=O)[O-])CC=CCCCC(=O)O)C(C(=O)O)([N+](=O)[O-])[N+](=O)[O-]. The van der Waals surface area contributed by atoms with Crippen LogP contribution >= 0.6 is 0 Å². The standard InChI is InChI=1S/C40H59N3O10/c1-3-5-7-9-10-11-12-13-14-15-16-17-18-19-27-33-37(40(39(46)47,42(50)51)43(52)53)35(29-23-20-21-28-34-38(44)45)30-24-22-26-32-36(41(48)49)31-25-8-6-4-2/h10-11,13-14,16-17,19-20,22-23,26-27,30-31,37H,3-9,12,15,18,21,24-25,28-29,32-34H2,1-2H3,(H,44,45)(H,46,47). The number of carbonyl (C=O) groups is 2. The van der Waals surface area contributed by atoms with Crippen molar-refractivity contribution in [1.82, 2.24) is 0 Å². The number of hydrogen-bond donors (Lipinski definition) is 2. The lowest BCUT2D eigenvalue weighted by molar-refractivity contribution is -0.785. The molecule has 0 aromatic heterocycles. The van der Waals surface area contributed by atoms with E-state index in [1.807, 2.05) is 25.2 Å². The molecule has 294 valence electrons. The number of hydrogen-bond acceptors (Lipinski definition) is 8. The van der Waals surface area contributed by atoms with Crippen molar-refractivity contribution >= 4 is 11.9 Å². The van der Waals surface area contributed by atoms with E-state index in [-0.39, 0.29) is 43.4 Å². The van der Waals surface area contributed by atoms with Gasteiger partial charge in [0.1, 0.15) is 15.8 Å². The zero-order chi connectivity index (χ0) is 39.7. The first-order valence-electron chi connectivity index (χ1n) is 18.6. The minimum Gasteiger partial charge on any atom is -0.481 e. The van der Waals surface area contributed by atoms with Crippen LogP contribution in [-0.2, 0) is 9.59 Å². The van der Waals surface area contributed by atoms with Gasteiger partial charge in [0.25, 0.3) is 0 Å². The van der Waals surface area contributed by atoms with Crippen LogP contribution in [0.2, 0.25) is 0 Å². The summed E-state index contributed by atoms with van der Waals surface area (Å²) in [5.41, 5.74) is -3.42. The topological polar surface area (TPSA) is 204 Å². The largest absolute Gasteiger partial charge is 0.559 e. The highest BCUT2D eigenvalue weighted by atomic mass is 16.7. The van der Waals surface area contributed by atoms with Crippen LogP contribution < -0.4 is 0 Å². The molecule has 0 aromatic rings. The Morgan fingerprint density at radius 1 is 0.604 bits per heavy atom. The fraction of sp³-hybridized carbons (Fsp3) is 0.550. The molecule has 0 radical (unpaired) electrons. The van der Waals surface area contributed by atoms with Crippen molar-refractivity contribution < 1.29 is 34.6 Å². The normalized spacial score (nSPS) is 13.8. The van der Waals surface area contributed by atoms with E-state index in [0.29, 0.717) is 32.1 Å². The summed E-state index contributed by atoms with van der Waals surface area (Å²) in [6.07, 6.45) is 35.2. The van der Waals surface area contributed by atoms with Crippen LogP contribution in [0.25, 0.3) is 0 Å². The lowest BCUT2D eigenvalue weighted by Gasteiger charge is -2.24. The van der Waals surface area contributed by atoms with Crippen LogP contribution in [0.15, 0.2) is 96.3 Å². The van der Waals surface area contributed by atoms with Crippen molar-refractivity contribution in [2.24, 2.45) is 5.92 Å². The quantitative estimate of drug-likeness (QED) is 0.0219. The van der Waals surface area contributed by atoms with Gasteiger partial charge in [-0.05, 0) is 83.1 Å². The average molecular weight is 742 g/mol. The predicted molar refractivity (Wildman–Crippen MR) is 208 cm³/mol. The van der Waals surface area contributed by atoms with Crippen LogP contribution in [0, 0.1) is 36.3 Å². The van der Waals surface area contributed by atoms with Gasteiger partial charge in [-0.2, -0.15) is 0 Å². The Morgan fingerprint density at radius 2 is 1.09 bits per heavy atom. The molecule has 13 nitrogen and oxygen atoms in total. The van der Waals surface area contributed by atoms with Crippen LogP contribution in [0.4, 0.5) is 0 Å². The maximum Gasteiger partial charge on any atom is 0.559 e. The van der Waals surface area contributed by atoms with Crippen LogP contribution in [-0.4, -0.2) is 42.6 Å². The molecule has 2 N–H and O–H groups in total. The number of carboxylic acids is 2. The van der Waals surface area contributed by atoms with Gasteiger partial charge in [-0.3, -0.25) is 35.1 Å². The van der Waals surface area contributed by atoms with Crippen molar-refractivity contribution in [2.75, 3.05) is 0 Å². The summed E-state index contributed by atoms with van der Waals surface area (Å²) in [5.74, 6) is -4.86. The summed E-state index contributed by atoms with van der Waals surface area (Å²) >= 11 is 0. The molecule has 0 amide bonds. The van der Waals surface area contributed by atoms with Crippen molar-refractivity contribution in [3.63, 3.8) is 0 Å². The number of carboxylic acid groups (broad SMARTS) is 2. The Balaban J connectivity index is 6.17. The minimum atomic E-state index is -3.58. The first kappa shape index (κ1) is 48.1. The van der Waals surface area contributed by atoms with Gasteiger partial charge >= 0.3 is 17.6 Å². The Kier molecular flexibility index (Phi) is 27.8. The highest BCUT2D eigenvalue weighted by Gasteiger charge is 2.70. The number of aliphatic carboxylic acids is 2. The predicted octanol–water partition coefficient (Wildman–Crippen LogP) is 10.5. The summed E-state index contributed by atoms with van der Waals surface area (Å²) in [4.78, 5) is 56.2. The first-order valence-corrected chi connectivity index (χ1v) is 18.6. The summed E-state index contributed by atoms with van der Waals surface area (Å²) < 4.78 is 0. The number of nitrogens with zero attached hydrogens (tertiary/aromatic N) is 3. The number of rotatable bonds is 32. The van der Waals surface area contributed by atoms with E-state index in [9.17, 15) is 45.0 Å². The molecule has 53 heavy (non-hydrogen) atoms. The number of unbranched alkanes of at least 4 members (excludes halogenated alkanes) is 7. The zero-order valence-electron chi connectivity index (χ0n) is 31.4. The Morgan fingerprint density at radius 3 is 1.62 bits per heavy atom. The lowest BCUT2D eigenvalue weighted by Crippen LogP contribution is -2.59. The molecule has 0 saturated carbocycles. The summed E-state index contributed by atoms with van der Waals surface area (Å²) in [6.45, 7) is 4.20.